The lowest BCUT2D eigenvalue weighted by atomic mass is 10.1. The topological polar surface area (TPSA) is 48.1 Å². The molecule has 90 valence electrons. The third-order valence-corrected chi connectivity index (χ3v) is 3.23. The minimum atomic E-state index is -0.169. The number of benzene rings is 1. The first-order valence-electron chi connectivity index (χ1n) is 5.58. The predicted molar refractivity (Wildman–Crippen MR) is 70.4 cm³/mol. The van der Waals surface area contributed by atoms with Crippen LogP contribution in [0.25, 0.3) is 0 Å². The Morgan fingerprint density at radius 3 is 2.71 bits per heavy atom. The minimum Gasteiger partial charge on any atom is -0.491 e. The van der Waals surface area contributed by atoms with E-state index in [-0.39, 0.29) is 12.1 Å². The van der Waals surface area contributed by atoms with Crippen molar-refractivity contribution in [1.82, 2.24) is 4.98 Å². The number of nitrogens with two attached hydrogens (primary N) is 1. The number of rotatable bonds is 4. The van der Waals surface area contributed by atoms with Crippen molar-refractivity contribution in [1.29, 1.82) is 0 Å². The highest BCUT2D eigenvalue weighted by atomic mass is 32.1. The van der Waals surface area contributed by atoms with Gasteiger partial charge in [-0.1, -0.05) is 18.2 Å². The van der Waals surface area contributed by atoms with E-state index in [0.717, 1.165) is 16.2 Å². The summed E-state index contributed by atoms with van der Waals surface area (Å²) in [5, 5.41) is 0. The first-order valence-corrected chi connectivity index (χ1v) is 6.46. The summed E-state index contributed by atoms with van der Waals surface area (Å²) in [6.07, 6.45) is 1.95. The van der Waals surface area contributed by atoms with E-state index in [1.807, 2.05) is 44.3 Å². The van der Waals surface area contributed by atoms with E-state index < -0.39 is 0 Å². The van der Waals surface area contributed by atoms with Gasteiger partial charge in [0.05, 0.1) is 17.7 Å². The second-order valence-corrected chi connectivity index (χ2v) is 5.00. The van der Waals surface area contributed by atoms with E-state index in [1.165, 1.54) is 0 Å². The lowest BCUT2D eigenvalue weighted by Crippen LogP contribution is -2.14. The van der Waals surface area contributed by atoms with Crippen molar-refractivity contribution in [2.45, 2.75) is 26.0 Å². The highest BCUT2D eigenvalue weighted by molar-refractivity contribution is 7.09. The Kier molecular flexibility index (Phi) is 3.76. The van der Waals surface area contributed by atoms with E-state index >= 15 is 0 Å². The smallest absolute Gasteiger partial charge is 0.124 e. The van der Waals surface area contributed by atoms with Crippen LogP contribution in [-0.4, -0.2) is 11.1 Å². The van der Waals surface area contributed by atoms with Crippen molar-refractivity contribution >= 4 is 11.3 Å². The van der Waals surface area contributed by atoms with E-state index in [0.29, 0.717) is 0 Å². The lowest BCUT2D eigenvalue weighted by molar-refractivity contribution is 0.239. The van der Waals surface area contributed by atoms with Crippen molar-refractivity contribution in [3.8, 4) is 5.75 Å². The largest absolute Gasteiger partial charge is 0.491 e. The first-order chi connectivity index (χ1) is 8.18. The van der Waals surface area contributed by atoms with Crippen LogP contribution in [0.15, 0.2) is 36.0 Å². The van der Waals surface area contributed by atoms with E-state index in [4.69, 9.17) is 10.5 Å². The maximum atomic E-state index is 6.23. The van der Waals surface area contributed by atoms with E-state index in [1.54, 1.807) is 16.8 Å². The molecule has 0 radical (unpaired) electrons. The van der Waals surface area contributed by atoms with E-state index in [2.05, 4.69) is 4.98 Å². The van der Waals surface area contributed by atoms with Crippen LogP contribution < -0.4 is 10.5 Å². The van der Waals surface area contributed by atoms with Crippen molar-refractivity contribution in [3.63, 3.8) is 0 Å². The predicted octanol–water partition coefficient (Wildman–Crippen LogP) is 2.98. The molecule has 1 heterocycles. The molecule has 3 nitrogen and oxygen atoms in total. The zero-order valence-corrected chi connectivity index (χ0v) is 10.8. The second-order valence-electron chi connectivity index (χ2n) is 4.09. The molecule has 1 unspecified atom stereocenters. The number of ether oxygens (including phenoxy) is 1. The Bertz CT molecular complexity index is 468. The van der Waals surface area contributed by atoms with Crippen LogP contribution >= 0.6 is 11.3 Å². The Hall–Kier alpha value is -1.39. The monoisotopic (exact) mass is 248 g/mol. The van der Waals surface area contributed by atoms with E-state index in [9.17, 15) is 0 Å². The van der Waals surface area contributed by atoms with Gasteiger partial charge in [-0.2, -0.15) is 0 Å². The zero-order chi connectivity index (χ0) is 12.3. The van der Waals surface area contributed by atoms with Crippen LogP contribution in [0.2, 0.25) is 0 Å². The van der Waals surface area contributed by atoms with Crippen LogP contribution in [0.4, 0.5) is 0 Å². The molecule has 17 heavy (non-hydrogen) atoms. The summed E-state index contributed by atoms with van der Waals surface area (Å²) < 4.78 is 5.77. The van der Waals surface area contributed by atoms with Gasteiger partial charge in [-0.15, -0.1) is 11.3 Å². The van der Waals surface area contributed by atoms with Gasteiger partial charge >= 0.3 is 0 Å². The molecule has 1 atom stereocenters. The van der Waals surface area contributed by atoms with Gasteiger partial charge in [0, 0.05) is 16.6 Å². The van der Waals surface area contributed by atoms with Gasteiger partial charge in [0.25, 0.3) is 0 Å². The molecule has 2 aromatic rings. The van der Waals surface area contributed by atoms with Crippen molar-refractivity contribution in [3.05, 3.63) is 46.4 Å². The summed E-state index contributed by atoms with van der Waals surface area (Å²) >= 11 is 1.56. The standard InChI is InChI=1S/C13H16N2OS/c1-9(2)16-11-6-4-3-5-10(11)13(14)12-7-15-8-17-12/h3-9,13H,14H2,1-2H3. The SMILES string of the molecule is CC(C)Oc1ccccc1C(N)c1cncs1. The Morgan fingerprint density at radius 1 is 1.29 bits per heavy atom. The van der Waals surface area contributed by atoms with Crippen LogP contribution in [0.1, 0.15) is 30.3 Å². The Balaban J connectivity index is 2.31. The average molecular weight is 248 g/mol. The van der Waals surface area contributed by atoms with Gasteiger partial charge in [0.2, 0.25) is 0 Å². The van der Waals surface area contributed by atoms with Crippen molar-refractivity contribution in [2.75, 3.05) is 0 Å². The molecule has 4 heteroatoms. The normalized spacial score (nSPS) is 12.7. The molecule has 0 aliphatic heterocycles. The summed E-state index contributed by atoms with van der Waals surface area (Å²) in [4.78, 5) is 5.10. The highest BCUT2D eigenvalue weighted by Crippen LogP contribution is 2.30. The quantitative estimate of drug-likeness (QED) is 0.905. The number of hydrogen-bond acceptors (Lipinski definition) is 4. The molecule has 2 rings (SSSR count). The summed E-state index contributed by atoms with van der Waals surface area (Å²) in [6, 6.07) is 7.72. The lowest BCUT2D eigenvalue weighted by Gasteiger charge is -2.17. The third kappa shape index (κ3) is 2.84. The molecule has 0 aliphatic rings. The fourth-order valence-electron chi connectivity index (χ4n) is 1.63. The van der Waals surface area contributed by atoms with Crippen molar-refractivity contribution < 1.29 is 4.74 Å². The number of para-hydroxylation sites is 1. The zero-order valence-electron chi connectivity index (χ0n) is 9.96. The number of nitrogens with zero attached hydrogens (tertiary/aromatic N) is 1. The van der Waals surface area contributed by atoms with Crippen LogP contribution in [0, 0.1) is 0 Å². The Labute approximate surface area is 105 Å². The van der Waals surface area contributed by atoms with Gasteiger partial charge in [-0.3, -0.25) is 4.98 Å². The van der Waals surface area contributed by atoms with Crippen molar-refractivity contribution in [2.24, 2.45) is 5.73 Å². The molecule has 0 saturated heterocycles. The number of thiazole rings is 1. The molecule has 1 aromatic heterocycles. The fraction of sp³-hybridized carbons (Fsp3) is 0.308. The molecule has 2 N–H and O–H groups in total. The molecular weight excluding hydrogens is 232 g/mol. The summed E-state index contributed by atoms with van der Waals surface area (Å²) in [7, 11) is 0. The van der Waals surface area contributed by atoms with Crippen LogP contribution in [0.3, 0.4) is 0 Å². The number of aromatic nitrogens is 1. The maximum Gasteiger partial charge on any atom is 0.124 e. The van der Waals surface area contributed by atoms with Gasteiger partial charge in [0.15, 0.2) is 0 Å². The molecule has 0 saturated carbocycles. The molecule has 0 bridgehead atoms. The van der Waals surface area contributed by atoms with Crippen LogP contribution in [0.5, 0.6) is 5.75 Å². The molecule has 0 amide bonds. The molecule has 0 fully saturated rings. The van der Waals surface area contributed by atoms with Crippen LogP contribution in [-0.2, 0) is 0 Å². The summed E-state index contributed by atoms with van der Waals surface area (Å²) in [5.41, 5.74) is 9.03. The first kappa shape index (κ1) is 12.1. The maximum absolute atomic E-state index is 6.23. The molecular formula is C13H16N2OS. The Morgan fingerprint density at radius 2 is 2.06 bits per heavy atom. The number of hydrogen-bond donors (Lipinski definition) is 1. The summed E-state index contributed by atoms with van der Waals surface area (Å²) in [6.45, 7) is 4.02. The summed E-state index contributed by atoms with van der Waals surface area (Å²) in [5.74, 6) is 0.850. The van der Waals surface area contributed by atoms with Gasteiger partial charge in [-0.05, 0) is 19.9 Å². The average Bonchev–Trinajstić information content (AvgIpc) is 2.81. The highest BCUT2D eigenvalue weighted by Gasteiger charge is 2.15. The molecule has 0 aliphatic carbocycles. The molecule has 1 aromatic carbocycles. The van der Waals surface area contributed by atoms with Gasteiger partial charge in [0.1, 0.15) is 5.75 Å². The molecule has 0 spiro atoms. The fourth-order valence-corrected chi connectivity index (χ4v) is 2.27. The van der Waals surface area contributed by atoms with Gasteiger partial charge in [-0.25, -0.2) is 0 Å². The minimum absolute atomic E-state index is 0.143. The second kappa shape index (κ2) is 5.29. The third-order valence-electron chi connectivity index (χ3n) is 2.37. The van der Waals surface area contributed by atoms with Gasteiger partial charge < -0.3 is 10.5 Å².